The molecule has 16 heavy (non-hydrogen) atoms. The third-order valence-corrected chi connectivity index (χ3v) is 3.50. The molecule has 0 spiro atoms. The van der Waals surface area contributed by atoms with E-state index in [0.717, 1.165) is 25.2 Å². The van der Waals surface area contributed by atoms with Crippen molar-refractivity contribution in [2.45, 2.75) is 18.5 Å². The minimum absolute atomic E-state index is 0.412. The second kappa shape index (κ2) is 3.49. The molecule has 2 saturated heterocycles. The third kappa shape index (κ3) is 1.38. The van der Waals surface area contributed by atoms with Crippen molar-refractivity contribution < 1.29 is 9.90 Å². The number of carboxylic acids is 1. The molecule has 0 saturated carbocycles. The summed E-state index contributed by atoms with van der Waals surface area (Å²) in [5.41, 5.74) is 1.28. The Bertz CT molecular complexity index is 433. The monoisotopic (exact) mass is 218 g/mol. The summed E-state index contributed by atoms with van der Waals surface area (Å²) in [5, 5.41) is 12.6. The number of rotatable bonds is 2. The highest BCUT2D eigenvalue weighted by molar-refractivity contribution is 5.94. The number of para-hydroxylation sites is 1. The van der Waals surface area contributed by atoms with Gasteiger partial charge in [0.2, 0.25) is 0 Å². The Morgan fingerprint density at radius 3 is 2.88 bits per heavy atom. The Balaban J connectivity index is 1.97. The second-order valence-electron chi connectivity index (χ2n) is 4.47. The van der Waals surface area contributed by atoms with Crippen molar-refractivity contribution >= 4 is 11.7 Å². The summed E-state index contributed by atoms with van der Waals surface area (Å²) in [4.78, 5) is 13.4. The summed E-state index contributed by atoms with van der Waals surface area (Å²) in [7, 11) is 0. The topological polar surface area (TPSA) is 52.6 Å². The molecule has 0 amide bonds. The van der Waals surface area contributed by atoms with Gasteiger partial charge >= 0.3 is 5.97 Å². The molecule has 1 aromatic carbocycles. The first kappa shape index (κ1) is 9.66. The van der Waals surface area contributed by atoms with Crippen LogP contribution in [0.3, 0.4) is 0 Å². The summed E-state index contributed by atoms with van der Waals surface area (Å²) >= 11 is 0. The van der Waals surface area contributed by atoms with Crippen molar-refractivity contribution in [3.05, 3.63) is 29.8 Å². The van der Waals surface area contributed by atoms with Crippen molar-refractivity contribution in [1.82, 2.24) is 5.32 Å². The summed E-state index contributed by atoms with van der Waals surface area (Å²) in [6, 6.07) is 8.26. The molecule has 2 aliphatic rings. The zero-order valence-corrected chi connectivity index (χ0v) is 8.89. The lowest BCUT2D eigenvalue weighted by Gasteiger charge is -2.30. The van der Waals surface area contributed by atoms with Crippen LogP contribution in [0.5, 0.6) is 0 Å². The smallest absolute Gasteiger partial charge is 0.337 e. The van der Waals surface area contributed by atoms with E-state index in [4.69, 9.17) is 5.11 Å². The van der Waals surface area contributed by atoms with Gasteiger partial charge in [0.1, 0.15) is 0 Å². The quantitative estimate of drug-likeness (QED) is 0.775. The van der Waals surface area contributed by atoms with Gasteiger partial charge in [-0.05, 0) is 18.6 Å². The molecule has 4 heteroatoms. The first-order valence-electron chi connectivity index (χ1n) is 5.58. The van der Waals surface area contributed by atoms with Crippen LogP contribution >= 0.6 is 0 Å². The van der Waals surface area contributed by atoms with E-state index in [1.165, 1.54) is 0 Å². The largest absolute Gasteiger partial charge is 0.478 e. The molecule has 2 heterocycles. The van der Waals surface area contributed by atoms with Gasteiger partial charge in [0.25, 0.3) is 0 Å². The molecule has 2 unspecified atom stereocenters. The van der Waals surface area contributed by atoms with Crippen molar-refractivity contribution in [3.63, 3.8) is 0 Å². The highest BCUT2D eigenvalue weighted by Gasteiger charge is 2.38. The highest BCUT2D eigenvalue weighted by Crippen LogP contribution is 2.31. The molecule has 0 radical (unpaired) electrons. The standard InChI is InChI=1S/C12H14N2O2/c15-12(16)10-3-1-2-4-11(10)14-7-8-5-9(14)6-13-8/h1-4,8-9,13H,5-7H2,(H,15,16). The number of aromatic carboxylic acids is 1. The van der Waals surface area contributed by atoms with Gasteiger partial charge in [-0.2, -0.15) is 0 Å². The molecule has 2 fully saturated rings. The molecule has 1 aromatic rings. The van der Waals surface area contributed by atoms with Gasteiger partial charge in [0.15, 0.2) is 0 Å². The van der Waals surface area contributed by atoms with Crippen LogP contribution in [0.1, 0.15) is 16.8 Å². The SMILES string of the molecule is O=C(O)c1ccccc1N1CC2CC1CN2. The van der Waals surface area contributed by atoms with Crippen LogP contribution in [0.2, 0.25) is 0 Å². The van der Waals surface area contributed by atoms with Crippen LogP contribution in [-0.2, 0) is 0 Å². The van der Waals surface area contributed by atoms with Gasteiger partial charge in [-0.15, -0.1) is 0 Å². The minimum Gasteiger partial charge on any atom is -0.478 e. The average molecular weight is 218 g/mol. The number of fused-ring (bicyclic) bond motifs is 2. The molecular formula is C12H14N2O2. The van der Waals surface area contributed by atoms with Gasteiger partial charge < -0.3 is 15.3 Å². The number of hydrogen-bond donors (Lipinski definition) is 2. The lowest BCUT2D eigenvalue weighted by molar-refractivity contribution is 0.0697. The van der Waals surface area contributed by atoms with E-state index in [2.05, 4.69) is 10.2 Å². The van der Waals surface area contributed by atoms with E-state index in [0.29, 0.717) is 17.6 Å². The summed E-state index contributed by atoms with van der Waals surface area (Å²) in [5.74, 6) is -0.841. The maximum absolute atomic E-state index is 11.1. The van der Waals surface area contributed by atoms with Crippen molar-refractivity contribution in [1.29, 1.82) is 0 Å². The van der Waals surface area contributed by atoms with E-state index in [1.54, 1.807) is 12.1 Å². The minimum atomic E-state index is -0.841. The van der Waals surface area contributed by atoms with Gasteiger partial charge in [0, 0.05) is 25.2 Å². The number of anilines is 1. The summed E-state index contributed by atoms with van der Waals surface area (Å²) in [6.07, 6.45) is 1.13. The summed E-state index contributed by atoms with van der Waals surface area (Å²) < 4.78 is 0. The van der Waals surface area contributed by atoms with Gasteiger partial charge in [-0.1, -0.05) is 12.1 Å². The Labute approximate surface area is 93.9 Å². The average Bonchev–Trinajstić information content (AvgIpc) is 2.90. The molecule has 3 rings (SSSR count). The lowest BCUT2D eigenvalue weighted by atomic mass is 10.1. The first-order chi connectivity index (χ1) is 7.75. The first-order valence-corrected chi connectivity index (χ1v) is 5.58. The number of benzene rings is 1. The normalized spacial score (nSPS) is 27.4. The molecule has 2 atom stereocenters. The molecule has 2 aliphatic heterocycles. The zero-order chi connectivity index (χ0) is 11.1. The molecule has 4 nitrogen and oxygen atoms in total. The van der Waals surface area contributed by atoms with E-state index >= 15 is 0 Å². The zero-order valence-electron chi connectivity index (χ0n) is 8.89. The Kier molecular flexibility index (Phi) is 2.11. The molecule has 0 aliphatic carbocycles. The van der Waals surface area contributed by atoms with Crippen molar-refractivity contribution in [2.75, 3.05) is 18.0 Å². The Hall–Kier alpha value is -1.55. The maximum atomic E-state index is 11.1. The predicted octanol–water partition coefficient (Wildman–Crippen LogP) is 0.935. The molecule has 2 N–H and O–H groups in total. The van der Waals surface area contributed by atoms with Crippen molar-refractivity contribution in [3.8, 4) is 0 Å². The fraction of sp³-hybridized carbons (Fsp3) is 0.417. The Morgan fingerprint density at radius 2 is 2.25 bits per heavy atom. The van der Waals surface area contributed by atoms with Crippen LogP contribution in [0.15, 0.2) is 24.3 Å². The molecule has 84 valence electrons. The third-order valence-electron chi connectivity index (χ3n) is 3.50. The van der Waals surface area contributed by atoms with Gasteiger partial charge in [-0.3, -0.25) is 0 Å². The second-order valence-corrected chi connectivity index (χ2v) is 4.47. The number of hydrogen-bond acceptors (Lipinski definition) is 3. The van der Waals surface area contributed by atoms with E-state index < -0.39 is 5.97 Å². The number of nitrogens with one attached hydrogen (secondary N) is 1. The molecule has 0 aromatic heterocycles. The number of carboxylic acid groups (broad SMARTS) is 1. The number of nitrogens with zero attached hydrogens (tertiary/aromatic N) is 1. The van der Waals surface area contributed by atoms with E-state index in [9.17, 15) is 4.79 Å². The Morgan fingerprint density at radius 1 is 1.44 bits per heavy atom. The number of carbonyl (C=O) groups is 1. The number of piperazine rings is 1. The van der Waals surface area contributed by atoms with Crippen LogP contribution in [0, 0.1) is 0 Å². The molecular weight excluding hydrogens is 204 g/mol. The van der Waals surface area contributed by atoms with Crippen LogP contribution in [0.25, 0.3) is 0 Å². The van der Waals surface area contributed by atoms with Crippen LogP contribution in [-0.4, -0.2) is 36.2 Å². The molecule has 2 bridgehead atoms. The highest BCUT2D eigenvalue weighted by atomic mass is 16.4. The van der Waals surface area contributed by atoms with E-state index in [1.807, 2.05) is 12.1 Å². The fourth-order valence-electron chi connectivity index (χ4n) is 2.76. The predicted molar refractivity (Wildman–Crippen MR) is 60.9 cm³/mol. The van der Waals surface area contributed by atoms with Crippen LogP contribution in [0.4, 0.5) is 5.69 Å². The fourth-order valence-corrected chi connectivity index (χ4v) is 2.76. The lowest BCUT2D eigenvalue weighted by Crippen LogP contribution is -2.44. The van der Waals surface area contributed by atoms with Crippen molar-refractivity contribution in [2.24, 2.45) is 0 Å². The van der Waals surface area contributed by atoms with Gasteiger partial charge in [-0.25, -0.2) is 4.79 Å². The summed E-state index contributed by atoms with van der Waals surface area (Å²) in [6.45, 7) is 1.90. The van der Waals surface area contributed by atoms with Crippen LogP contribution < -0.4 is 10.2 Å². The van der Waals surface area contributed by atoms with Gasteiger partial charge in [0.05, 0.1) is 11.3 Å². The van der Waals surface area contributed by atoms with E-state index in [-0.39, 0.29) is 0 Å². The maximum Gasteiger partial charge on any atom is 0.337 e.